The summed E-state index contributed by atoms with van der Waals surface area (Å²) in [6.45, 7) is 5.53. The van der Waals surface area contributed by atoms with Gasteiger partial charge in [-0.1, -0.05) is 13.3 Å². The number of methoxy groups -OCH3 is 1. The normalized spacial score (nSPS) is 17.7. The van der Waals surface area contributed by atoms with E-state index < -0.39 is 5.97 Å². The number of carbonyl (C=O) groups is 2. The van der Waals surface area contributed by atoms with Crippen LogP contribution in [-0.4, -0.2) is 54.9 Å². The molecule has 0 radical (unpaired) electrons. The molecule has 1 aliphatic carbocycles. The molecule has 0 aromatic rings. The van der Waals surface area contributed by atoms with Gasteiger partial charge in [-0.05, 0) is 31.6 Å². The molecule has 0 spiro atoms. The van der Waals surface area contributed by atoms with E-state index >= 15 is 0 Å². The average Bonchev–Trinajstić information content (AvgIpc) is 2.41. The third-order valence-electron chi connectivity index (χ3n) is 4.48. The van der Waals surface area contributed by atoms with Gasteiger partial charge in [0.05, 0.1) is 13.0 Å². The molecule has 1 aliphatic rings. The number of carboxylic acids is 1. The van der Waals surface area contributed by atoms with Crippen LogP contribution in [0, 0.1) is 5.41 Å². The summed E-state index contributed by atoms with van der Waals surface area (Å²) in [5, 5.41) is 11.9. The van der Waals surface area contributed by atoms with Crippen LogP contribution in [-0.2, 0) is 9.53 Å². The summed E-state index contributed by atoms with van der Waals surface area (Å²) in [7, 11) is 1.61. The summed E-state index contributed by atoms with van der Waals surface area (Å²) >= 11 is 0. The predicted octanol–water partition coefficient (Wildman–Crippen LogP) is 2.09. The van der Waals surface area contributed by atoms with Crippen LogP contribution in [0.15, 0.2) is 0 Å². The van der Waals surface area contributed by atoms with Crippen LogP contribution in [0.3, 0.4) is 0 Å². The zero-order valence-corrected chi connectivity index (χ0v) is 13.4. The van der Waals surface area contributed by atoms with Gasteiger partial charge in [-0.15, -0.1) is 0 Å². The molecule has 1 unspecified atom stereocenters. The number of carbonyl (C=O) groups excluding carboxylic acids is 1. The lowest BCUT2D eigenvalue weighted by molar-refractivity contribution is -0.141. The number of urea groups is 1. The zero-order valence-electron chi connectivity index (χ0n) is 13.4. The molecule has 0 heterocycles. The average molecular weight is 300 g/mol. The largest absolute Gasteiger partial charge is 0.481 e. The van der Waals surface area contributed by atoms with Crippen LogP contribution in [0.5, 0.6) is 0 Å². The molecule has 2 amide bonds. The van der Waals surface area contributed by atoms with E-state index in [4.69, 9.17) is 9.84 Å². The van der Waals surface area contributed by atoms with Crippen molar-refractivity contribution in [3.8, 4) is 0 Å². The molecule has 0 bridgehead atoms. The molecule has 1 atom stereocenters. The van der Waals surface area contributed by atoms with Crippen LogP contribution in [0.1, 0.15) is 46.0 Å². The molecular formula is C15H28N2O4. The molecule has 1 fully saturated rings. The van der Waals surface area contributed by atoms with E-state index in [1.54, 1.807) is 12.0 Å². The SMILES string of the molecule is CCC(C)N(CCOC)C(=O)NCC1(CC(=O)O)CCC1. The van der Waals surface area contributed by atoms with Crippen LogP contribution in [0.4, 0.5) is 4.79 Å². The van der Waals surface area contributed by atoms with E-state index in [9.17, 15) is 9.59 Å². The predicted molar refractivity (Wildman–Crippen MR) is 80.3 cm³/mol. The van der Waals surface area contributed by atoms with E-state index in [0.29, 0.717) is 19.7 Å². The highest BCUT2D eigenvalue weighted by atomic mass is 16.5. The maximum Gasteiger partial charge on any atom is 0.317 e. The zero-order chi connectivity index (χ0) is 15.9. The quantitative estimate of drug-likeness (QED) is 0.683. The van der Waals surface area contributed by atoms with Gasteiger partial charge in [-0.25, -0.2) is 4.79 Å². The Labute approximate surface area is 126 Å². The Morgan fingerprint density at radius 1 is 1.43 bits per heavy atom. The van der Waals surface area contributed by atoms with Crippen molar-refractivity contribution in [2.45, 2.75) is 52.0 Å². The molecule has 122 valence electrons. The van der Waals surface area contributed by atoms with Crippen LogP contribution < -0.4 is 5.32 Å². The van der Waals surface area contributed by atoms with E-state index in [1.807, 2.05) is 13.8 Å². The highest BCUT2D eigenvalue weighted by Gasteiger charge is 2.39. The molecular weight excluding hydrogens is 272 g/mol. The van der Waals surface area contributed by atoms with E-state index in [-0.39, 0.29) is 23.9 Å². The molecule has 0 saturated heterocycles. The smallest absolute Gasteiger partial charge is 0.317 e. The molecule has 21 heavy (non-hydrogen) atoms. The van der Waals surface area contributed by atoms with Crippen LogP contribution in [0.2, 0.25) is 0 Å². The first-order valence-corrected chi connectivity index (χ1v) is 7.69. The number of hydrogen-bond donors (Lipinski definition) is 2. The number of amides is 2. The molecule has 2 N–H and O–H groups in total. The van der Waals surface area contributed by atoms with Crippen LogP contribution in [0.25, 0.3) is 0 Å². The highest BCUT2D eigenvalue weighted by Crippen LogP contribution is 2.43. The minimum Gasteiger partial charge on any atom is -0.481 e. The van der Waals surface area contributed by atoms with Gasteiger partial charge in [0.25, 0.3) is 0 Å². The third-order valence-corrected chi connectivity index (χ3v) is 4.48. The number of aliphatic carboxylic acids is 1. The van der Waals surface area contributed by atoms with E-state index in [1.165, 1.54) is 0 Å². The first kappa shape index (κ1) is 17.8. The summed E-state index contributed by atoms with van der Waals surface area (Å²) in [5.74, 6) is -0.790. The lowest BCUT2D eigenvalue weighted by Gasteiger charge is -2.41. The molecule has 0 aromatic carbocycles. The molecule has 0 aromatic heterocycles. The fraction of sp³-hybridized carbons (Fsp3) is 0.867. The second-order valence-electron chi connectivity index (χ2n) is 6.03. The Hall–Kier alpha value is -1.30. The minimum atomic E-state index is -0.790. The maximum atomic E-state index is 12.3. The van der Waals surface area contributed by atoms with Gasteiger partial charge in [0.15, 0.2) is 0 Å². The summed E-state index contributed by atoms with van der Waals surface area (Å²) < 4.78 is 5.05. The molecule has 6 heteroatoms. The second kappa shape index (κ2) is 8.22. The Morgan fingerprint density at radius 2 is 2.10 bits per heavy atom. The fourth-order valence-electron chi connectivity index (χ4n) is 2.71. The first-order chi connectivity index (χ1) is 9.94. The Balaban J connectivity index is 2.53. The topological polar surface area (TPSA) is 78.9 Å². The highest BCUT2D eigenvalue weighted by molar-refractivity contribution is 5.75. The summed E-state index contributed by atoms with van der Waals surface area (Å²) in [4.78, 5) is 25.0. The van der Waals surface area contributed by atoms with Crippen molar-refractivity contribution >= 4 is 12.0 Å². The minimum absolute atomic E-state index is 0.127. The van der Waals surface area contributed by atoms with Gasteiger partial charge in [-0.3, -0.25) is 4.79 Å². The van der Waals surface area contributed by atoms with Crippen molar-refractivity contribution in [2.24, 2.45) is 5.41 Å². The van der Waals surface area contributed by atoms with Gasteiger partial charge in [0.1, 0.15) is 0 Å². The van der Waals surface area contributed by atoms with Crippen molar-refractivity contribution in [1.82, 2.24) is 10.2 Å². The molecule has 1 rings (SSSR count). The lowest BCUT2D eigenvalue weighted by atomic mass is 9.66. The maximum absolute atomic E-state index is 12.3. The third kappa shape index (κ3) is 5.19. The number of carboxylic acid groups (broad SMARTS) is 1. The number of nitrogens with zero attached hydrogens (tertiary/aromatic N) is 1. The molecule has 6 nitrogen and oxygen atoms in total. The fourth-order valence-corrected chi connectivity index (χ4v) is 2.71. The van der Waals surface area contributed by atoms with Crippen molar-refractivity contribution in [2.75, 3.05) is 26.8 Å². The first-order valence-electron chi connectivity index (χ1n) is 7.69. The number of ether oxygens (including phenoxy) is 1. The van der Waals surface area contributed by atoms with Crippen LogP contribution >= 0.6 is 0 Å². The van der Waals surface area contributed by atoms with Gasteiger partial charge < -0.3 is 20.1 Å². The Bertz CT molecular complexity index is 356. The van der Waals surface area contributed by atoms with Crippen molar-refractivity contribution < 1.29 is 19.4 Å². The number of rotatable bonds is 9. The summed E-state index contributed by atoms with van der Waals surface area (Å²) in [6.07, 6.45) is 3.80. The number of hydrogen-bond acceptors (Lipinski definition) is 3. The lowest BCUT2D eigenvalue weighted by Crippen LogP contribution is -2.51. The standard InChI is InChI=1S/C15H28N2O4/c1-4-12(2)17(8-9-21-3)14(20)16-11-15(6-5-7-15)10-13(18)19/h12H,4-11H2,1-3H3,(H,16,20)(H,18,19). The van der Waals surface area contributed by atoms with E-state index in [0.717, 1.165) is 25.7 Å². The summed E-state index contributed by atoms with van der Waals surface area (Å²) in [5.41, 5.74) is -0.246. The second-order valence-corrected chi connectivity index (χ2v) is 6.03. The van der Waals surface area contributed by atoms with E-state index in [2.05, 4.69) is 5.32 Å². The van der Waals surface area contributed by atoms with Gasteiger partial charge in [0.2, 0.25) is 0 Å². The molecule has 0 aliphatic heterocycles. The van der Waals surface area contributed by atoms with Gasteiger partial charge in [-0.2, -0.15) is 0 Å². The summed E-state index contributed by atoms with van der Waals surface area (Å²) in [6, 6.07) is 0.00929. The van der Waals surface area contributed by atoms with Crippen molar-refractivity contribution in [3.05, 3.63) is 0 Å². The van der Waals surface area contributed by atoms with Crippen molar-refractivity contribution in [3.63, 3.8) is 0 Å². The van der Waals surface area contributed by atoms with Gasteiger partial charge >= 0.3 is 12.0 Å². The molecule has 1 saturated carbocycles. The monoisotopic (exact) mass is 300 g/mol. The Morgan fingerprint density at radius 3 is 2.52 bits per heavy atom. The number of nitrogens with one attached hydrogen (secondary N) is 1. The van der Waals surface area contributed by atoms with Crippen molar-refractivity contribution in [1.29, 1.82) is 0 Å². The van der Waals surface area contributed by atoms with Gasteiger partial charge in [0, 0.05) is 26.2 Å². The Kier molecular flexibility index (Phi) is 6.95.